The smallest absolute Gasteiger partial charge is 0.350 e. The Morgan fingerprint density at radius 2 is 1.92 bits per heavy atom. The number of ether oxygens (including phenoxy) is 1. The number of methoxy groups -OCH3 is 1. The van der Waals surface area contributed by atoms with E-state index in [-0.39, 0.29) is 28.7 Å². The molecular formula is C33H39ClFN9O2S2. The molecule has 0 aliphatic carbocycles. The Labute approximate surface area is 291 Å². The number of benzene rings is 2. The van der Waals surface area contributed by atoms with E-state index < -0.39 is 0 Å². The van der Waals surface area contributed by atoms with Crippen LogP contribution in [0.15, 0.2) is 37.9 Å². The van der Waals surface area contributed by atoms with E-state index in [1.165, 1.54) is 6.07 Å². The Kier molecular flexibility index (Phi) is 10.0. The number of hydrogen-bond donors (Lipinski definition) is 1. The fraction of sp³-hybridized carbons (Fsp3) is 0.515. The number of piperazine rings is 1. The van der Waals surface area contributed by atoms with Gasteiger partial charge in [0, 0.05) is 80.1 Å². The van der Waals surface area contributed by atoms with Gasteiger partial charge >= 0.3 is 5.69 Å². The molecule has 0 radical (unpaired) electrons. The van der Waals surface area contributed by atoms with Gasteiger partial charge in [0.15, 0.2) is 5.13 Å². The van der Waals surface area contributed by atoms with Gasteiger partial charge in [-0.15, -0.1) is 11.8 Å². The summed E-state index contributed by atoms with van der Waals surface area (Å²) in [5, 5.41) is 1.62. The standard InChI is InChI=1S/C33H39ClFN9O2S2/c1-3-41-11-13-42(14-12-41)17-21-18-47-30-26(22-4-5-25(35)29-27(22)39-32(36)48-29)24(34)16-23-28(30)44(21)33(45)40-31(23)43-9-6-20(7-10-43)38-19-37-8-15-46-2/h4-5,16,20-21H,3,6-15,17-18H2,1-2H3,(H2,36,39)/t21-/m0/s1. The molecule has 3 aliphatic heterocycles. The monoisotopic (exact) mass is 711 g/mol. The van der Waals surface area contributed by atoms with Crippen molar-refractivity contribution in [1.82, 2.24) is 24.3 Å². The fourth-order valence-corrected chi connectivity index (χ4v) is 9.43. The van der Waals surface area contributed by atoms with Crippen molar-refractivity contribution in [3.8, 4) is 11.1 Å². The van der Waals surface area contributed by atoms with Crippen molar-refractivity contribution in [2.45, 2.75) is 36.7 Å². The van der Waals surface area contributed by atoms with Crippen molar-refractivity contribution >= 4 is 72.8 Å². The minimum absolute atomic E-state index is 0.0677. The Hall–Kier alpha value is -3.10. The molecule has 0 saturated carbocycles. The number of nitrogen functional groups attached to an aromatic ring is 1. The average Bonchev–Trinajstić information content (AvgIpc) is 3.50. The summed E-state index contributed by atoms with van der Waals surface area (Å²) in [4.78, 5) is 40.1. The first-order valence-electron chi connectivity index (χ1n) is 16.4. The molecule has 11 nitrogen and oxygen atoms in total. The van der Waals surface area contributed by atoms with Crippen LogP contribution in [0.4, 0.5) is 15.3 Å². The SMILES string of the molecule is CCN1CCN(C[C@H]2CSc3c(-c4ccc(F)c5sc(N)nc45)c(Cl)cc4c(N5CCC(N=C=NCCOC)CC5)nc(=O)n2c34)CC1. The second-order valence-corrected chi connectivity index (χ2v) is 14.9. The number of aromatic nitrogens is 3. The number of thioether (sulfide) groups is 1. The number of piperidine rings is 1. The minimum Gasteiger partial charge on any atom is -0.383 e. The van der Waals surface area contributed by atoms with Gasteiger partial charge in [0.05, 0.1) is 52.0 Å². The highest BCUT2D eigenvalue weighted by Crippen LogP contribution is 2.49. The van der Waals surface area contributed by atoms with Crippen molar-refractivity contribution in [2.24, 2.45) is 9.98 Å². The van der Waals surface area contributed by atoms with Gasteiger partial charge < -0.3 is 20.3 Å². The summed E-state index contributed by atoms with van der Waals surface area (Å²) in [7, 11) is 1.64. The number of nitrogens with zero attached hydrogens (tertiary/aromatic N) is 8. The normalized spacial score (nSPS) is 19.2. The van der Waals surface area contributed by atoms with E-state index in [4.69, 9.17) is 27.1 Å². The van der Waals surface area contributed by atoms with E-state index in [1.807, 2.05) is 10.6 Å². The first-order valence-corrected chi connectivity index (χ1v) is 18.6. The zero-order valence-corrected chi connectivity index (χ0v) is 29.5. The van der Waals surface area contributed by atoms with Crippen molar-refractivity contribution in [2.75, 3.05) is 89.0 Å². The van der Waals surface area contributed by atoms with Crippen LogP contribution in [0.5, 0.6) is 0 Å². The molecule has 2 saturated heterocycles. The summed E-state index contributed by atoms with van der Waals surface area (Å²) in [6.45, 7) is 10.4. The molecule has 1 atom stereocenters. The van der Waals surface area contributed by atoms with Crippen LogP contribution in [-0.2, 0) is 4.74 Å². The molecule has 15 heteroatoms. The Morgan fingerprint density at radius 3 is 2.67 bits per heavy atom. The van der Waals surface area contributed by atoms with Crippen LogP contribution in [0.2, 0.25) is 5.02 Å². The second-order valence-electron chi connectivity index (χ2n) is 12.4. The molecule has 3 aliphatic rings. The van der Waals surface area contributed by atoms with Gasteiger partial charge in [-0.1, -0.05) is 29.9 Å². The largest absolute Gasteiger partial charge is 0.383 e. The van der Waals surface area contributed by atoms with Gasteiger partial charge in [-0.05, 0) is 37.6 Å². The first kappa shape index (κ1) is 33.4. The third-order valence-electron chi connectivity index (χ3n) is 9.53. The van der Waals surface area contributed by atoms with Crippen molar-refractivity contribution in [3.63, 3.8) is 0 Å². The van der Waals surface area contributed by atoms with Crippen LogP contribution in [0.1, 0.15) is 25.8 Å². The lowest BCUT2D eigenvalue weighted by molar-refractivity contribution is 0.126. The van der Waals surface area contributed by atoms with Crippen LogP contribution in [0.25, 0.3) is 32.2 Å². The zero-order valence-electron chi connectivity index (χ0n) is 27.1. The van der Waals surface area contributed by atoms with Crippen LogP contribution >= 0.6 is 34.7 Å². The Morgan fingerprint density at radius 1 is 1.15 bits per heavy atom. The van der Waals surface area contributed by atoms with Gasteiger partial charge in [-0.25, -0.2) is 24.2 Å². The number of rotatable bonds is 9. The highest BCUT2D eigenvalue weighted by Gasteiger charge is 2.33. The first-order chi connectivity index (χ1) is 23.4. The maximum Gasteiger partial charge on any atom is 0.350 e. The molecule has 2 aromatic heterocycles. The Bertz CT molecular complexity index is 1950. The maximum absolute atomic E-state index is 14.9. The van der Waals surface area contributed by atoms with Gasteiger partial charge in [-0.3, -0.25) is 9.47 Å². The summed E-state index contributed by atoms with van der Waals surface area (Å²) < 4.78 is 22.2. The highest BCUT2D eigenvalue weighted by atomic mass is 35.5. The maximum atomic E-state index is 14.9. The molecule has 254 valence electrons. The number of fused-ring (bicyclic) bond motifs is 1. The number of halogens is 2. The average molecular weight is 712 g/mol. The topological polar surface area (TPSA) is 117 Å². The molecule has 7 rings (SSSR count). The Balaban J connectivity index is 1.31. The van der Waals surface area contributed by atoms with Gasteiger partial charge in [-0.2, -0.15) is 4.98 Å². The third-order valence-corrected chi connectivity index (χ3v) is 12.0. The summed E-state index contributed by atoms with van der Waals surface area (Å²) in [5.41, 5.74) is 8.53. The van der Waals surface area contributed by atoms with Crippen molar-refractivity contribution in [3.05, 3.63) is 39.5 Å². The van der Waals surface area contributed by atoms with E-state index in [0.717, 1.165) is 84.8 Å². The summed E-state index contributed by atoms with van der Waals surface area (Å²) >= 11 is 10.00. The predicted molar refractivity (Wildman–Crippen MR) is 194 cm³/mol. The lowest BCUT2D eigenvalue weighted by atomic mass is 10.0. The zero-order chi connectivity index (χ0) is 33.4. The predicted octanol–water partition coefficient (Wildman–Crippen LogP) is 5.12. The fourth-order valence-electron chi connectivity index (χ4n) is 6.98. The molecule has 2 fully saturated rings. The molecule has 5 heterocycles. The van der Waals surface area contributed by atoms with Crippen molar-refractivity contribution in [1.29, 1.82) is 0 Å². The van der Waals surface area contributed by atoms with Crippen LogP contribution in [0, 0.1) is 5.82 Å². The molecule has 48 heavy (non-hydrogen) atoms. The molecule has 0 unspecified atom stereocenters. The number of anilines is 2. The molecule has 2 N–H and O–H groups in total. The van der Waals surface area contributed by atoms with Gasteiger partial charge in [0.2, 0.25) is 0 Å². The molecule has 0 amide bonds. The number of aliphatic imine (C=N–C) groups is 2. The van der Waals surface area contributed by atoms with Gasteiger partial charge in [0.25, 0.3) is 0 Å². The molecule has 0 bridgehead atoms. The van der Waals surface area contributed by atoms with E-state index in [2.05, 4.69) is 42.6 Å². The van der Waals surface area contributed by atoms with Crippen LogP contribution in [-0.4, -0.2) is 115 Å². The number of likely N-dealkylation sites (N-methyl/N-ethyl adjacent to an activating group) is 1. The molecule has 4 aromatic rings. The molecular weight excluding hydrogens is 673 g/mol. The summed E-state index contributed by atoms with van der Waals surface area (Å²) in [5.74, 6) is 0.947. The van der Waals surface area contributed by atoms with E-state index >= 15 is 0 Å². The van der Waals surface area contributed by atoms with Crippen LogP contribution < -0.4 is 16.3 Å². The second kappa shape index (κ2) is 14.4. The van der Waals surface area contributed by atoms with E-state index in [0.29, 0.717) is 58.6 Å². The van der Waals surface area contributed by atoms with Crippen LogP contribution in [0.3, 0.4) is 0 Å². The summed E-state index contributed by atoms with van der Waals surface area (Å²) in [6, 6.07) is 7.94. The van der Waals surface area contributed by atoms with E-state index in [9.17, 15) is 9.18 Å². The molecule has 2 aromatic carbocycles. The lowest BCUT2D eigenvalue weighted by Gasteiger charge is -2.38. The number of hydrogen-bond acceptors (Lipinski definition) is 12. The van der Waals surface area contributed by atoms with Crippen molar-refractivity contribution < 1.29 is 9.13 Å². The van der Waals surface area contributed by atoms with Gasteiger partial charge in [0.1, 0.15) is 11.6 Å². The lowest BCUT2D eigenvalue weighted by Crippen LogP contribution is -2.49. The quantitative estimate of drug-likeness (QED) is 0.187. The number of thiazole rings is 1. The van der Waals surface area contributed by atoms with E-state index in [1.54, 1.807) is 24.9 Å². The third kappa shape index (κ3) is 6.47. The number of nitrogens with two attached hydrogens (primary N) is 1. The molecule has 0 spiro atoms. The summed E-state index contributed by atoms with van der Waals surface area (Å²) in [6.07, 6.45) is 1.58. The minimum atomic E-state index is -0.373. The highest BCUT2D eigenvalue weighted by molar-refractivity contribution is 7.99.